The molecule has 0 saturated carbocycles. The van der Waals surface area contributed by atoms with Gasteiger partial charge in [-0.05, 0) is 39.8 Å². The van der Waals surface area contributed by atoms with Gasteiger partial charge in [0.05, 0.1) is 6.07 Å². The van der Waals surface area contributed by atoms with Crippen LogP contribution in [-0.4, -0.2) is 24.3 Å². The van der Waals surface area contributed by atoms with E-state index in [4.69, 9.17) is 9.47 Å². The maximum atomic E-state index is 9.34. The van der Waals surface area contributed by atoms with Crippen molar-refractivity contribution in [3.05, 3.63) is 23.8 Å². The fourth-order valence-electron chi connectivity index (χ4n) is 2.45. The van der Waals surface area contributed by atoms with Gasteiger partial charge in [-0.15, -0.1) is 0 Å². The summed E-state index contributed by atoms with van der Waals surface area (Å²) in [5, 5.41) is 12.6. The van der Waals surface area contributed by atoms with Crippen LogP contribution in [0.5, 0.6) is 11.5 Å². The lowest BCUT2D eigenvalue weighted by molar-refractivity contribution is 0.129. The van der Waals surface area contributed by atoms with Crippen LogP contribution in [0.3, 0.4) is 0 Å². The van der Waals surface area contributed by atoms with Crippen LogP contribution in [0.15, 0.2) is 18.2 Å². The number of nitrogens with zero attached hydrogens (tertiary/aromatic N) is 1. The summed E-state index contributed by atoms with van der Waals surface area (Å²) in [4.78, 5) is 0. The minimum Gasteiger partial charge on any atom is -0.487 e. The van der Waals surface area contributed by atoms with Crippen molar-refractivity contribution in [2.24, 2.45) is 0 Å². The summed E-state index contributed by atoms with van der Waals surface area (Å²) >= 11 is 0. The summed E-state index contributed by atoms with van der Waals surface area (Å²) in [6.07, 6.45) is 1.86. The molecule has 0 aliphatic carbocycles. The van der Waals surface area contributed by atoms with E-state index in [-0.39, 0.29) is 5.60 Å². The number of hydrogen-bond donors (Lipinski definition) is 1. The highest BCUT2D eigenvalue weighted by molar-refractivity contribution is 5.50. The Hall–Kier alpha value is -1.73. The van der Waals surface area contributed by atoms with Crippen molar-refractivity contribution in [1.82, 2.24) is 5.32 Å². The van der Waals surface area contributed by atoms with Crippen molar-refractivity contribution < 1.29 is 9.47 Å². The Bertz CT molecular complexity index is 548. The van der Waals surface area contributed by atoms with E-state index in [1.165, 1.54) is 0 Å². The van der Waals surface area contributed by atoms with E-state index in [0.29, 0.717) is 6.61 Å². The first-order valence-corrected chi connectivity index (χ1v) is 7.49. The predicted octanol–water partition coefficient (Wildman–Crippen LogP) is 3.06. The third-order valence-electron chi connectivity index (χ3n) is 3.58. The van der Waals surface area contributed by atoms with Gasteiger partial charge < -0.3 is 9.47 Å². The van der Waals surface area contributed by atoms with E-state index in [9.17, 15) is 5.26 Å². The van der Waals surface area contributed by atoms with Gasteiger partial charge in [-0.2, -0.15) is 5.26 Å². The molecule has 1 N–H and O–H groups in total. The van der Waals surface area contributed by atoms with Gasteiger partial charge in [0.1, 0.15) is 17.7 Å². The van der Waals surface area contributed by atoms with Crippen LogP contribution in [0, 0.1) is 11.3 Å². The quantitative estimate of drug-likeness (QED) is 0.874. The van der Waals surface area contributed by atoms with Crippen molar-refractivity contribution in [2.75, 3.05) is 13.2 Å². The van der Waals surface area contributed by atoms with E-state index >= 15 is 0 Å². The van der Waals surface area contributed by atoms with Crippen LogP contribution < -0.4 is 14.8 Å². The Kier molecular flexibility index (Phi) is 4.43. The molecule has 1 aromatic rings. The number of fused-ring (bicyclic) bond motifs is 1. The van der Waals surface area contributed by atoms with E-state index in [2.05, 4.69) is 38.2 Å². The third-order valence-corrected chi connectivity index (χ3v) is 3.58. The molecule has 1 aromatic carbocycles. The summed E-state index contributed by atoms with van der Waals surface area (Å²) in [5.74, 6) is 1.54. The van der Waals surface area contributed by atoms with Crippen molar-refractivity contribution in [3.8, 4) is 17.6 Å². The standard InChI is InChI=1S/C17H24N2O2/c1-5-9-19-17(4,11-18)12-20-14-8-6-7-13-10-16(2,3)21-15(13)14/h6-8,19H,5,9-10,12H2,1-4H3. The molecule has 0 radical (unpaired) electrons. The number of rotatable bonds is 6. The van der Waals surface area contributed by atoms with Crippen molar-refractivity contribution in [1.29, 1.82) is 5.26 Å². The fraction of sp³-hybridized carbons (Fsp3) is 0.588. The molecule has 0 aromatic heterocycles. The summed E-state index contributed by atoms with van der Waals surface area (Å²) in [5.41, 5.74) is 0.283. The van der Waals surface area contributed by atoms with Gasteiger partial charge in [0, 0.05) is 12.0 Å². The van der Waals surface area contributed by atoms with Crippen LogP contribution in [0.2, 0.25) is 0 Å². The predicted molar refractivity (Wildman–Crippen MR) is 82.7 cm³/mol. The number of hydrogen-bond acceptors (Lipinski definition) is 4. The Morgan fingerprint density at radius 1 is 1.48 bits per heavy atom. The first-order valence-electron chi connectivity index (χ1n) is 7.49. The smallest absolute Gasteiger partial charge is 0.165 e. The van der Waals surface area contributed by atoms with Gasteiger partial charge in [0.25, 0.3) is 0 Å². The SMILES string of the molecule is CCCNC(C)(C#N)COc1cccc2c1OC(C)(C)C2. The molecule has 1 atom stereocenters. The minimum atomic E-state index is -0.688. The lowest BCUT2D eigenvalue weighted by atomic mass is 10.0. The van der Waals surface area contributed by atoms with Gasteiger partial charge in [-0.1, -0.05) is 19.1 Å². The molecule has 4 nitrogen and oxygen atoms in total. The van der Waals surface area contributed by atoms with E-state index in [1.54, 1.807) is 0 Å². The molecule has 0 amide bonds. The molecule has 21 heavy (non-hydrogen) atoms. The lowest BCUT2D eigenvalue weighted by Crippen LogP contribution is -2.46. The molecule has 0 fully saturated rings. The molecule has 0 saturated heterocycles. The first kappa shape index (κ1) is 15.7. The Morgan fingerprint density at radius 2 is 2.24 bits per heavy atom. The normalized spacial score (nSPS) is 18.2. The fourth-order valence-corrected chi connectivity index (χ4v) is 2.45. The maximum absolute atomic E-state index is 9.34. The molecule has 0 spiro atoms. The highest BCUT2D eigenvalue weighted by Gasteiger charge is 2.33. The number of nitriles is 1. The van der Waals surface area contributed by atoms with E-state index < -0.39 is 5.54 Å². The third kappa shape index (κ3) is 3.68. The zero-order valence-corrected chi connectivity index (χ0v) is 13.3. The van der Waals surface area contributed by atoms with Crippen LogP contribution in [0.25, 0.3) is 0 Å². The molecule has 4 heteroatoms. The number of benzene rings is 1. The van der Waals surface area contributed by atoms with Gasteiger partial charge in [-0.25, -0.2) is 0 Å². The molecular weight excluding hydrogens is 264 g/mol. The van der Waals surface area contributed by atoms with E-state index in [1.807, 2.05) is 19.1 Å². The second kappa shape index (κ2) is 5.95. The summed E-state index contributed by atoms with van der Waals surface area (Å²) in [6, 6.07) is 8.23. The summed E-state index contributed by atoms with van der Waals surface area (Å²) in [7, 11) is 0. The second-order valence-electron chi connectivity index (χ2n) is 6.44. The van der Waals surface area contributed by atoms with Gasteiger partial charge in [0.15, 0.2) is 11.5 Å². The molecule has 1 unspecified atom stereocenters. The monoisotopic (exact) mass is 288 g/mol. The molecular formula is C17H24N2O2. The van der Waals surface area contributed by atoms with Crippen molar-refractivity contribution >= 4 is 0 Å². The highest BCUT2D eigenvalue weighted by Crippen LogP contribution is 2.41. The minimum absolute atomic E-state index is 0.194. The van der Waals surface area contributed by atoms with E-state index in [0.717, 1.165) is 36.4 Å². The highest BCUT2D eigenvalue weighted by atomic mass is 16.5. The average Bonchev–Trinajstić information content (AvgIpc) is 2.77. The maximum Gasteiger partial charge on any atom is 0.165 e. The zero-order valence-electron chi connectivity index (χ0n) is 13.3. The average molecular weight is 288 g/mol. The van der Waals surface area contributed by atoms with Gasteiger partial charge >= 0.3 is 0 Å². The van der Waals surface area contributed by atoms with Crippen LogP contribution in [0.1, 0.15) is 39.7 Å². The van der Waals surface area contributed by atoms with Gasteiger partial charge in [-0.3, -0.25) is 5.32 Å². The number of ether oxygens (including phenoxy) is 2. The van der Waals surface area contributed by atoms with Crippen LogP contribution in [0.4, 0.5) is 0 Å². The summed E-state index contributed by atoms with van der Waals surface area (Å²) in [6.45, 7) is 9.16. The molecule has 1 aliphatic heterocycles. The Labute approximate surface area is 127 Å². The second-order valence-corrected chi connectivity index (χ2v) is 6.44. The van der Waals surface area contributed by atoms with Crippen LogP contribution >= 0.6 is 0 Å². The zero-order chi connectivity index (χ0) is 15.5. The summed E-state index contributed by atoms with van der Waals surface area (Å²) < 4.78 is 11.9. The Balaban J connectivity index is 2.09. The Morgan fingerprint density at radius 3 is 2.90 bits per heavy atom. The van der Waals surface area contributed by atoms with Crippen molar-refractivity contribution in [3.63, 3.8) is 0 Å². The molecule has 1 aliphatic rings. The molecule has 2 rings (SSSR count). The number of nitrogens with one attached hydrogen (secondary N) is 1. The molecule has 114 valence electrons. The van der Waals surface area contributed by atoms with Gasteiger partial charge in [0.2, 0.25) is 0 Å². The molecule has 1 heterocycles. The first-order chi connectivity index (χ1) is 9.89. The topological polar surface area (TPSA) is 54.3 Å². The van der Waals surface area contributed by atoms with Crippen molar-refractivity contribution in [2.45, 2.75) is 51.7 Å². The molecule has 0 bridgehead atoms. The lowest BCUT2D eigenvalue weighted by Gasteiger charge is -2.24. The van der Waals surface area contributed by atoms with Crippen LogP contribution in [-0.2, 0) is 6.42 Å². The largest absolute Gasteiger partial charge is 0.487 e. The number of para-hydroxylation sites is 1.